The summed E-state index contributed by atoms with van der Waals surface area (Å²) in [5.74, 6) is -0.857. The minimum absolute atomic E-state index is 0.0902. The number of primary amides is 1. The van der Waals surface area contributed by atoms with E-state index in [9.17, 15) is 14.4 Å². The molecule has 0 fully saturated rings. The lowest BCUT2D eigenvalue weighted by Crippen LogP contribution is -2.08. The zero-order chi connectivity index (χ0) is 15.7. The predicted octanol–water partition coefficient (Wildman–Crippen LogP) is 2.10. The average molecular weight is 289 g/mol. The summed E-state index contributed by atoms with van der Waals surface area (Å²) in [6, 6.07) is 6.93. The highest BCUT2D eigenvalue weighted by molar-refractivity contribution is 5.97. The van der Waals surface area contributed by atoms with E-state index in [-0.39, 0.29) is 31.0 Å². The van der Waals surface area contributed by atoms with Crippen LogP contribution in [0.4, 0.5) is 0 Å². The van der Waals surface area contributed by atoms with Crippen molar-refractivity contribution in [2.75, 3.05) is 6.61 Å². The molecular weight excluding hydrogens is 270 g/mol. The third-order valence-corrected chi connectivity index (χ3v) is 2.72. The molecular formula is C16H19NO4. The Hall–Kier alpha value is -2.43. The highest BCUT2D eigenvalue weighted by atomic mass is 16.5. The van der Waals surface area contributed by atoms with Gasteiger partial charge in [-0.2, -0.15) is 0 Å². The summed E-state index contributed by atoms with van der Waals surface area (Å²) in [5, 5.41) is 0. The van der Waals surface area contributed by atoms with Crippen molar-refractivity contribution in [2.24, 2.45) is 5.73 Å². The maximum atomic E-state index is 11.9. The number of esters is 1. The number of hydrogen-bond acceptors (Lipinski definition) is 4. The monoisotopic (exact) mass is 289 g/mol. The molecule has 0 spiro atoms. The Morgan fingerprint density at radius 2 is 1.81 bits per heavy atom. The van der Waals surface area contributed by atoms with Gasteiger partial charge in [0.2, 0.25) is 5.91 Å². The summed E-state index contributed by atoms with van der Waals surface area (Å²) in [7, 11) is 0. The van der Waals surface area contributed by atoms with Crippen LogP contribution in [0.25, 0.3) is 6.08 Å². The third-order valence-electron chi connectivity index (χ3n) is 2.72. The lowest BCUT2D eigenvalue weighted by Gasteiger charge is -2.02. The van der Waals surface area contributed by atoms with Gasteiger partial charge < -0.3 is 10.5 Å². The van der Waals surface area contributed by atoms with Gasteiger partial charge in [-0.15, -0.1) is 0 Å². The number of benzene rings is 1. The zero-order valence-electron chi connectivity index (χ0n) is 12.0. The zero-order valence-corrected chi connectivity index (χ0v) is 12.0. The number of hydrogen-bond donors (Lipinski definition) is 1. The van der Waals surface area contributed by atoms with Gasteiger partial charge in [0.15, 0.2) is 5.78 Å². The van der Waals surface area contributed by atoms with E-state index in [4.69, 9.17) is 10.5 Å². The number of rotatable bonds is 8. The van der Waals surface area contributed by atoms with Crippen molar-refractivity contribution in [3.05, 3.63) is 41.5 Å². The van der Waals surface area contributed by atoms with Crippen LogP contribution >= 0.6 is 0 Å². The summed E-state index contributed by atoms with van der Waals surface area (Å²) < 4.78 is 4.77. The van der Waals surface area contributed by atoms with Crippen LogP contribution in [0.3, 0.4) is 0 Å². The normalized spacial score (nSPS) is 10.5. The second-order valence-corrected chi connectivity index (χ2v) is 4.42. The molecule has 0 bridgehead atoms. The molecule has 5 heteroatoms. The average Bonchev–Trinajstić information content (AvgIpc) is 2.45. The summed E-state index contributed by atoms with van der Waals surface area (Å²) >= 11 is 0. The Bertz CT molecular complexity index is 532. The Balaban J connectivity index is 2.53. The molecule has 5 nitrogen and oxygen atoms in total. The lowest BCUT2D eigenvalue weighted by molar-refractivity contribution is -0.143. The number of nitrogens with two attached hydrogens (primary N) is 1. The lowest BCUT2D eigenvalue weighted by atomic mass is 10.0. The van der Waals surface area contributed by atoms with Gasteiger partial charge in [0.25, 0.3) is 0 Å². The van der Waals surface area contributed by atoms with Crippen LogP contribution < -0.4 is 5.73 Å². The summed E-state index contributed by atoms with van der Waals surface area (Å²) in [6.45, 7) is 2.05. The van der Waals surface area contributed by atoms with Crippen LogP contribution in [-0.2, 0) is 14.3 Å². The molecule has 112 valence electrons. The maximum Gasteiger partial charge on any atom is 0.306 e. The minimum Gasteiger partial charge on any atom is -0.466 e. The van der Waals surface area contributed by atoms with E-state index in [2.05, 4.69) is 0 Å². The van der Waals surface area contributed by atoms with Gasteiger partial charge in [-0.25, -0.2) is 0 Å². The van der Waals surface area contributed by atoms with E-state index < -0.39 is 5.91 Å². The molecule has 1 aromatic carbocycles. The first-order valence-electron chi connectivity index (χ1n) is 6.76. The first kappa shape index (κ1) is 16.6. The van der Waals surface area contributed by atoms with Crippen LogP contribution in [0.1, 0.15) is 42.1 Å². The third kappa shape index (κ3) is 6.51. The molecule has 0 heterocycles. The van der Waals surface area contributed by atoms with Crippen molar-refractivity contribution < 1.29 is 19.1 Å². The standard InChI is InChI=1S/C16H19NO4/c1-2-21-16(20)11-10-14(18)13-8-6-12(7-9-13)4-3-5-15(17)19/h3-4,6-9H,2,5,10-11H2,1H3,(H2,17,19). The fraction of sp³-hybridized carbons (Fsp3) is 0.312. The molecule has 0 aliphatic rings. The van der Waals surface area contributed by atoms with Gasteiger partial charge in [-0.1, -0.05) is 36.4 Å². The first-order valence-corrected chi connectivity index (χ1v) is 6.76. The molecule has 0 saturated heterocycles. The molecule has 2 N–H and O–H groups in total. The van der Waals surface area contributed by atoms with E-state index in [0.717, 1.165) is 5.56 Å². The second-order valence-electron chi connectivity index (χ2n) is 4.42. The number of ether oxygens (including phenoxy) is 1. The van der Waals surface area contributed by atoms with Gasteiger partial charge >= 0.3 is 5.97 Å². The van der Waals surface area contributed by atoms with Crippen LogP contribution in [0.15, 0.2) is 30.3 Å². The smallest absolute Gasteiger partial charge is 0.306 e. The molecule has 0 radical (unpaired) electrons. The summed E-state index contributed by atoms with van der Waals surface area (Å²) in [4.78, 5) is 33.7. The molecule has 1 rings (SSSR count). The van der Waals surface area contributed by atoms with Crippen molar-refractivity contribution in [1.29, 1.82) is 0 Å². The SMILES string of the molecule is CCOC(=O)CCC(=O)c1ccc(C=CCC(N)=O)cc1. The minimum atomic E-state index is -0.392. The molecule has 1 amide bonds. The molecule has 0 atom stereocenters. The Morgan fingerprint density at radius 3 is 2.38 bits per heavy atom. The summed E-state index contributed by atoms with van der Waals surface area (Å²) in [5.41, 5.74) is 6.45. The highest BCUT2D eigenvalue weighted by Gasteiger charge is 2.09. The van der Waals surface area contributed by atoms with Gasteiger partial charge in [0, 0.05) is 18.4 Å². The largest absolute Gasteiger partial charge is 0.466 e. The van der Waals surface area contributed by atoms with Crippen LogP contribution in [0, 0.1) is 0 Å². The van der Waals surface area contributed by atoms with E-state index in [1.807, 2.05) is 0 Å². The number of amides is 1. The van der Waals surface area contributed by atoms with E-state index in [0.29, 0.717) is 12.2 Å². The molecule has 1 aromatic rings. The first-order chi connectivity index (χ1) is 10.0. The fourth-order valence-corrected chi connectivity index (χ4v) is 1.68. The quantitative estimate of drug-likeness (QED) is 0.586. The second kappa shape index (κ2) is 8.68. The van der Waals surface area contributed by atoms with Crippen molar-refractivity contribution in [1.82, 2.24) is 0 Å². The van der Waals surface area contributed by atoms with Gasteiger partial charge in [0.05, 0.1) is 13.0 Å². The van der Waals surface area contributed by atoms with Crippen molar-refractivity contribution in [3.8, 4) is 0 Å². The van der Waals surface area contributed by atoms with Crippen molar-refractivity contribution in [3.63, 3.8) is 0 Å². The fourth-order valence-electron chi connectivity index (χ4n) is 1.68. The number of carbonyl (C=O) groups is 3. The highest BCUT2D eigenvalue weighted by Crippen LogP contribution is 2.10. The molecule has 0 unspecified atom stereocenters. The molecule has 0 saturated carbocycles. The van der Waals surface area contributed by atoms with Gasteiger partial charge in [-0.3, -0.25) is 14.4 Å². The van der Waals surface area contributed by atoms with E-state index in [1.165, 1.54) is 0 Å². The topological polar surface area (TPSA) is 86.5 Å². The maximum absolute atomic E-state index is 11.9. The van der Waals surface area contributed by atoms with Crippen LogP contribution in [0.5, 0.6) is 0 Å². The van der Waals surface area contributed by atoms with E-state index in [1.54, 1.807) is 43.3 Å². The van der Waals surface area contributed by atoms with Gasteiger partial charge in [0.1, 0.15) is 0 Å². The molecule has 0 aliphatic heterocycles. The van der Waals surface area contributed by atoms with Crippen molar-refractivity contribution >= 4 is 23.7 Å². The Kier molecular flexibility index (Phi) is 6.87. The Labute approximate surface area is 123 Å². The predicted molar refractivity (Wildman–Crippen MR) is 79.5 cm³/mol. The van der Waals surface area contributed by atoms with E-state index >= 15 is 0 Å². The number of carbonyl (C=O) groups excluding carboxylic acids is 3. The van der Waals surface area contributed by atoms with Crippen LogP contribution in [-0.4, -0.2) is 24.3 Å². The van der Waals surface area contributed by atoms with Crippen LogP contribution in [0.2, 0.25) is 0 Å². The molecule has 21 heavy (non-hydrogen) atoms. The Morgan fingerprint density at radius 1 is 1.14 bits per heavy atom. The van der Waals surface area contributed by atoms with Crippen molar-refractivity contribution in [2.45, 2.75) is 26.2 Å². The van der Waals surface area contributed by atoms with Gasteiger partial charge in [-0.05, 0) is 12.5 Å². The molecule has 0 aliphatic carbocycles. The number of ketones is 1. The summed E-state index contributed by atoms with van der Waals surface area (Å²) in [6.07, 6.45) is 3.83. The number of Topliss-reactive ketones (excluding diaryl/α,β-unsaturated/α-hetero) is 1. The molecule has 0 aromatic heterocycles.